The minimum absolute atomic E-state index is 0.0308. The molecule has 0 atom stereocenters. The zero-order valence-electron chi connectivity index (χ0n) is 10.9. The molecule has 3 rings (SSSR count). The minimum Gasteiger partial charge on any atom is -0.288 e. The van der Waals surface area contributed by atoms with Crippen LogP contribution < -0.4 is 0 Å². The van der Waals surface area contributed by atoms with Gasteiger partial charge in [0.25, 0.3) is 0 Å². The average Bonchev–Trinajstić information content (AvgIpc) is 2.39. The Morgan fingerprint density at radius 2 is 1.95 bits per heavy atom. The molecule has 102 valence electrons. The van der Waals surface area contributed by atoms with E-state index in [4.69, 9.17) is 11.6 Å². The van der Waals surface area contributed by atoms with Crippen LogP contribution in [0.4, 0.5) is 4.39 Å². The second-order valence-corrected chi connectivity index (χ2v) is 5.64. The number of benzene rings is 2. The Morgan fingerprint density at radius 1 is 1.15 bits per heavy atom. The molecule has 0 bridgehead atoms. The van der Waals surface area contributed by atoms with Crippen molar-refractivity contribution in [2.45, 2.75) is 25.2 Å². The Labute approximate surface area is 122 Å². The van der Waals surface area contributed by atoms with Gasteiger partial charge in [0, 0.05) is 10.6 Å². The predicted molar refractivity (Wildman–Crippen MR) is 77.9 cm³/mol. The fraction of sp³-hybridized carbons (Fsp3) is 0.235. The molecule has 0 spiro atoms. The normalized spacial score (nSPS) is 14.9. The maximum absolute atomic E-state index is 13.8. The van der Waals surface area contributed by atoms with Gasteiger partial charge in [0.1, 0.15) is 5.82 Å². The van der Waals surface area contributed by atoms with Crippen LogP contribution in [-0.2, 0) is 0 Å². The summed E-state index contributed by atoms with van der Waals surface area (Å²) in [4.78, 5) is 12.4. The van der Waals surface area contributed by atoms with Crippen molar-refractivity contribution >= 4 is 17.4 Å². The number of ketones is 1. The van der Waals surface area contributed by atoms with Crippen LogP contribution in [0.25, 0.3) is 0 Å². The number of hydrogen-bond donors (Lipinski definition) is 0. The first-order chi connectivity index (χ1) is 9.65. The van der Waals surface area contributed by atoms with Crippen LogP contribution in [-0.4, -0.2) is 5.78 Å². The Morgan fingerprint density at radius 3 is 2.65 bits per heavy atom. The van der Waals surface area contributed by atoms with Crippen molar-refractivity contribution < 1.29 is 9.18 Å². The van der Waals surface area contributed by atoms with Crippen molar-refractivity contribution in [3.8, 4) is 0 Å². The van der Waals surface area contributed by atoms with E-state index in [1.165, 1.54) is 43.0 Å². The highest BCUT2D eigenvalue weighted by Crippen LogP contribution is 2.36. The van der Waals surface area contributed by atoms with Crippen molar-refractivity contribution in [2.75, 3.05) is 0 Å². The van der Waals surface area contributed by atoms with E-state index in [2.05, 4.69) is 0 Å². The van der Waals surface area contributed by atoms with Crippen LogP contribution in [0.2, 0.25) is 5.02 Å². The van der Waals surface area contributed by atoms with Crippen LogP contribution in [0.15, 0.2) is 42.5 Å². The molecule has 0 heterocycles. The van der Waals surface area contributed by atoms with Crippen LogP contribution >= 0.6 is 11.6 Å². The molecule has 3 heteroatoms. The Balaban J connectivity index is 1.95. The van der Waals surface area contributed by atoms with Gasteiger partial charge in [-0.1, -0.05) is 36.2 Å². The van der Waals surface area contributed by atoms with Crippen molar-refractivity contribution in [3.05, 3.63) is 70.0 Å². The van der Waals surface area contributed by atoms with Crippen molar-refractivity contribution in [2.24, 2.45) is 0 Å². The third-order valence-corrected chi connectivity index (χ3v) is 4.13. The van der Waals surface area contributed by atoms with E-state index in [9.17, 15) is 9.18 Å². The molecule has 0 amide bonds. The van der Waals surface area contributed by atoms with Gasteiger partial charge >= 0.3 is 0 Å². The molecule has 1 aliphatic rings. The Bertz CT molecular complexity index is 662. The highest BCUT2D eigenvalue weighted by Gasteiger charge is 2.21. The maximum Gasteiger partial charge on any atom is 0.196 e. The monoisotopic (exact) mass is 288 g/mol. The highest BCUT2D eigenvalue weighted by atomic mass is 35.5. The molecule has 0 radical (unpaired) electrons. The summed E-state index contributed by atoms with van der Waals surface area (Å²) in [5, 5.41) is 0.366. The minimum atomic E-state index is -0.534. The first kappa shape index (κ1) is 13.3. The van der Waals surface area contributed by atoms with Crippen molar-refractivity contribution in [1.29, 1.82) is 0 Å². The van der Waals surface area contributed by atoms with Crippen LogP contribution in [0.5, 0.6) is 0 Å². The van der Waals surface area contributed by atoms with Gasteiger partial charge in [-0.15, -0.1) is 0 Å². The lowest BCUT2D eigenvalue weighted by atomic mass is 9.79. The van der Waals surface area contributed by atoms with E-state index < -0.39 is 5.82 Å². The van der Waals surface area contributed by atoms with E-state index in [-0.39, 0.29) is 11.3 Å². The summed E-state index contributed by atoms with van der Waals surface area (Å²) in [7, 11) is 0. The van der Waals surface area contributed by atoms with Gasteiger partial charge in [0.2, 0.25) is 0 Å². The lowest BCUT2D eigenvalue weighted by Crippen LogP contribution is -2.10. The van der Waals surface area contributed by atoms with Gasteiger partial charge in [0.05, 0.1) is 5.56 Å². The smallest absolute Gasteiger partial charge is 0.196 e. The van der Waals surface area contributed by atoms with Crippen LogP contribution in [0.1, 0.15) is 46.7 Å². The molecule has 1 aliphatic carbocycles. The number of carbonyl (C=O) groups excluding carboxylic acids is 1. The van der Waals surface area contributed by atoms with E-state index in [1.807, 2.05) is 18.2 Å². The van der Waals surface area contributed by atoms with Crippen LogP contribution in [0, 0.1) is 5.82 Å². The van der Waals surface area contributed by atoms with E-state index in [0.29, 0.717) is 16.5 Å². The summed E-state index contributed by atoms with van der Waals surface area (Å²) >= 11 is 5.84. The van der Waals surface area contributed by atoms with Gasteiger partial charge in [-0.25, -0.2) is 4.39 Å². The lowest BCUT2D eigenvalue weighted by Gasteiger charge is -2.26. The second kappa shape index (κ2) is 5.37. The van der Waals surface area contributed by atoms with Gasteiger partial charge in [-0.2, -0.15) is 0 Å². The van der Waals surface area contributed by atoms with Gasteiger partial charge in [-0.05, 0) is 48.6 Å². The molecular formula is C17H14ClFO. The van der Waals surface area contributed by atoms with Crippen molar-refractivity contribution in [1.82, 2.24) is 0 Å². The second-order valence-electron chi connectivity index (χ2n) is 5.21. The summed E-state index contributed by atoms with van der Waals surface area (Å²) in [5.74, 6) is -0.299. The Hall–Kier alpha value is -1.67. The molecule has 2 aromatic rings. The molecule has 1 fully saturated rings. The van der Waals surface area contributed by atoms with E-state index in [0.717, 1.165) is 0 Å². The SMILES string of the molecule is O=C(c1cccc(C2CCC2)c1)c1cc(Cl)ccc1F. The molecular weight excluding hydrogens is 275 g/mol. The standard InChI is InChI=1S/C17H14ClFO/c18-14-7-8-16(19)15(10-14)17(20)13-6-2-5-12(9-13)11-3-1-4-11/h2,5-11H,1,3-4H2. The predicted octanol–water partition coefficient (Wildman–Crippen LogP) is 4.98. The topological polar surface area (TPSA) is 17.1 Å². The third kappa shape index (κ3) is 2.48. The summed E-state index contributed by atoms with van der Waals surface area (Å²) in [6, 6.07) is 11.6. The lowest BCUT2D eigenvalue weighted by molar-refractivity contribution is 0.103. The summed E-state index contributed by atoms with van der Waals surface area (Å²) in [5.41, 5.74) is 1.73. The molecule has 1 nitrogen and oxygen atoms in total. The molecule has 0 N–H and O–H groups in total. The summed E-state index contributed by atoms with van der Waals surface area (Å²) < 4.78 is 13.8. The first-order valence-electron chi connectivity index (χ1n) is 6.75. The highest BCUT2D eigenvalue weighted by molar-refractivity contribution is 6.31. The largest absolute Gasteiger partial charge is 0.288 e. The van der Waals surface area contributed by atoms with Gasteiger partial charge < -0.3 is 0 Å². The van der Waals surface area contributed by atoms with E-state index in [1.54, 1.807) is 6.07 Å². The van der Waals surface area contributed by atoms with Gasteiger partial charge in [0.15, 0.2) is 5.78 Å². The number of carbonyl (C=O) groups is 1. The van der Waals surface area contributed by atoms with Gasteiger partial charge in [-0.3, -0.25) is 4.79 Å². The fourth-order valence-corrected chi connectivity index (χ4v) is 2.67. The van der Waals surface area contributed by atoms with Crippen molar-refractivity contribution in [3.63, 3.8) is 0 Å². The molecule has 2 aromatic carbocycles. The zero-order valence-corrected chi connectivity index (χ0v) is 11.7. The quantitative estimate of drug-likeness (QED) is 0.728. The first-order valence-corrected chi connectivity index (χ1v) is 7.12. The fourth-order valence-electron chi connectivity index (χ4n) is 2.50. The zero-order chi connectivity index (χ0) is 14.1. The summed E-state index contributed by atoms with van der Waals surface area (Å²) in [6.07, 6.45) is 3.58. The molecule has 1 saturated carbocycles. The number of hydrogen-bond acceptors (Lipinski definition) is 1. The average molecular weight is 289 g/mol. The van der Waals surface area contributed by atoms with E-state index >= 15 is 0 Å². The third-order valence-electron chi connectivity index (χ3n) is 3.90. The number of rotatable bonds is 3. The molecule has 0 saturated heterocycles. The molecule has 0 aromatic heterocycles. The molecule has 0 unspecified atom stereocenters. The Kier molecular flexibility index (Phi) is 3.58. The number of halogens is 2. The maximum atomic E-state index is 13.8. The van der Waals surface area contributed by atoms with Crippen LogP contribution in [0.3, 0.4) is 0 Å². The molecule has 20 heavy (non-hydrogen) atoms. The summed E-state index contributed by atoms with van der Waals surface area (Å²) in [6.45, 7) is 0. The molecule has 0 aliphatic heterocycles.